The van der Waals surface area contributed by atoms with Gasteiger partial charge < -0.3 is 10.6 Å². The van der Waals surface area contributed by atoms with Crippen molar-refractivity contribution >= 4 is 23.2 Å². The molecule has 6 nitrogen and oxygen atoms in total. The molecular weight excluding hydrogens is 392 g/mol. The highest BCUT2D eigenvalue weighted by Gasteiger charge is 2.19. The molecule has 0 fully saturated rings. The van der Waals surface area contributed by atoms with E-state index in [-0.39, 0.29) is 17.1 Å². The summed E-state index contributed by atoms with van der Waals surface area (Å²) in [5, 5.41) is 8.76. The number of amides is 2. The van der Waals surface area contributed by atoms with E-state index in [1.807, 2.05) is 0 Å². The van der Waals surface area contributed by atoms with Gasteiger partial charge in [-0.1, -0.05) is 0 Å². The van der Waals surface area contributed by atoms with Crippen LogP contribution in [0.1, 0.15) is 23.5 Å². The third kappa shape index (κ3) is 4.60. The molecule has 1 aromatic heterocycles. The fraction of sp³-hybridized carbons (Fsp3) is 0.105. The molecule has 10 heteroatoms. The van der Waals surface area contributed by atoms with Gasteiger partial charge in [-0.05, 0) is 37.3 Å². The van der Waals surface area contributed by atoms with Crippen LogP contribution in [0.5, 0.6) is 0 Å². The van der Waals surface area contributed by atoms with Crippen molar-refractivity contribution in [1.29, 1.82) is 0 Å². The molecule has 3 aromatic rings. The summed E-state index contributed by atoms with van der Waals surface area (Å²) < 4.78 is 53.6. The number of nitrogens with zero attached hydrogens (tertiary/aromatic N) is 2. The van der Waals surface area contributed by atoms with Crippen molar-refractivity contribution in [2.45, 2.75) is 13.0 Å². The molecule has 0 spiro atoms. The zero-order chi connectivity index (χ0) is 21.1. The van der Waals surface area contributed by atoms with Gasteiger partial charge in [-0.25, -0.2) is 17.6 Å². The van der Waals surface area contributed by atoms with E-state index >= 15 is 0 Å². The number of rotatable bonds is 5. The number of benzene rings is 2. The Bertz CT molecular complexity index is 1080. The predicted molar refractivity (Wildman–Crippen MR) is 96.2 cm³/mol. The molecular formula is C19H14F4N4O2. The first-order valence-electron chi connectivity index (χ1n) is 8.32. The van der Waals surface area contributed by atoms with Crippen LogP contribution in [0.15, 0.2) is 48.7 Å². The first kappa shape index (κ1) is 20.1. The zero-order valence-electron chi connectivity index (χ0n) is 14.9. The Morgan fingerprint density at radius 2 is 1.41 bits per heavy atom. The van der Waals surface area contributed by atoms with Crippen LogP contribution in [0.4, 0.5) is 28.9 Å². The number of hydrogen-bond donors (Lipinski definition) is 2. The van der Waals surface area contributed by atoms with Crippen molar-refractivity contribution in [2.24, 2.45) is 0 Å². The molecule has 2 aromatic carbocycles. The molecule has 150 valence electrons. The molecule has 2 amide bonds. The molecule has 1 atom stereocenters. The summed E-state index contributed by atoms with van der Waals surface area (Å²) in [4.78, 5) is 24.5. The predicted octanol–water partition coefficient (Wildman–Crippen LogP) is 3.89. The second kappa shape index (κ2) is 8.13. The molecule has 3 rings (SSSR count). The van der Waals surface area contributed by atoms with Gasteiger partial charge in [-0.15, -0.1) is 0 Å². The highest BCUT2D eigenvalue weighted by atomic mass is 19.2. The summed E-state index contributed by atoms with van der Waals surface area (Å²) in [5.74, 6) is -5.58. The number of halogens is 4. The van der Waals surface area contributed by atoms with Gasteiger partial charge in [0.2, 0.25) is 5.91 Å². The Balaban J connectivity index is 1.67. The van der Waals surface area contributed by atoms with Crippen molar-refractivity contribution in [3.05, 3.63) is 77.6 Å². The lowest BCUT2D eigenvalue weighted by Gasteiger charge is -2.13. The van der Waals surface area contributed by atoms with Gasteiger partial charge in [0.25, 0.3) is 5.91 Å². The Hall–Kier alpha value is -3.69. The van der Waals surface area contributed by atoms with Crippen molar-refractivity contribution in [3.63, 3.8) is 0 Å². The van der Waals surface area contributed by atoms with Crippen LogP contribution in [-0.2, 0) is 4.79 Å². The summed E-state index contributed by atoms with van der Waals surface area (Å²) in [5.41, 5.74) is 0.0268. The summed E-state index contributed by atoms with van der Waals surface area (Å²) in [6.07, 6.45) is 1.37. The number of carbonyl (C=O) groups is 2. The highest BCUT2D eigenvalue weighted by molar-refractivity contribution is 6.02. The summed E-state index contributed by atoms with van der Waals surface area (Å²) in [6.45, 7) is 1.49. The van der Waals surface area contributed by atoms with Crippen LogP contribution < -0.4 is 10.6 Å². The molecule has 29 heavy (non-hydrogen) atoms. The lowest BCUT2D eigenvalue weighted by Crippen LogP contribution is -2.24. The normalized spacial score (nSPS) is 11.8. The topological polar surface area (TPSA) is 76.0 Å². The van der Waals surface area contributed by atoms with Gasteiger partial charge in [0.05, 0.1) is 0 Å². The maximum Gasteiger partial charge on any atom is 0.276 e. The van der Waals surface area contributed by atoms with Crippen LogP contribution in [-0.4, -0.2) is 21.6 Å². The third-order valence-electron chi connectivity index (χ3n) is 3.98. The van der Waals surface area contributed by atoms with Gasteiger partial charge >= 0.3 is 0 Å². The Kier molecular flexibility index (Phi) is 5.62. The van der Waals surface area contributed by atoms with E-state index < -0.39 is 41.1 Å². The smallest absolute Gasteiger partial charge is 0.276 e. The Morgan fingerprint density at radius 1 is 0.862 bits per heavy atom. The van der Waals surface area contributed by atoms with Crippen molar-refractivity contribution < 1.29 is 27.2 Å². The quantitative estimate of drug-likeness (QED) is 0.632. The van der Waals surface area contributed by atoms with Gasteiger partial charge in [0.1, 0.15) is 6.04 Å². The van der Waals surface area contributed by atoms with Crippen LogP contribution in [0.25, 0.3) is 0 Å². The third-order valence-corrected chi connectivity index (χ3v) is 3.98. The van der Waals surface area contributed by atoms with Crippen molar-refractivity contribution in [1.82, 2.24) is 9.78 Å². The van der Waals surface area contributed by atoms with Crippen molar-refractivity contribution in [3.8, 4) is 0 Å². The zero-order valence-corrected chi connectivity index (χ0v) is 14.9. The largest absolute Gasteiger partial charge is 0.324 e. The summed E-state index contributed by atoms with van der Waals surface area (Å²) >= 11 is 0. The van der Waals surface area contributed by atoms with E-state index in [0.29, 0.717) is 0 Å². The molecule has 0 saturated heterocycles. The highest BCUT2D eigenvalue weighted by Crippen LogP contribution is 2.17. The maximum absolute atomic E-state index is 13.2. The van der Waals surface area contributed by atoms with Crippen LogP contribution in [0.3, 0.4) is 0 Å². The minimum Gasteiger partial charge on any atom is -0.324 e. The molecule has 0 saturated carbocycles. The molecule has 0 bridgehead atoms. The number of anilines is 2. The molecule has 2 N–H and O–H groups in total. The van der Waals surface area contributed by atoms with E-state index in [4.69, 9.17) is 0 Å². The fourth-order valence-corrected chi connectivity index (χ4v) is 2.38. The second-order valence-corrected chi connectivity index (χ2v) is 6.06. The molecule has 0 unspecified atom stereocenters. The number of carbonyl (C=O) groups excluding carboxylic acids is 2. The minimum atomic E-state index is -1.11. The van der Waals surface area contributed by atoms with E-state index in [2.05, 4.69) is 15.7 Å². The standard InChI is InChI=1S/C19H14F4N4O2/c1-10(18(28)24-11-2-4-13(20)15(22)8-11)27-7-6-17(26-27)19(29)25-12-3-5-14(21)16(23)9-12/h2-10H,1H3,(H,24,28)(H,25,29)/t10-/m1/s1. The van der Waals surface area contributed by atoms with E-state index in [1.54, 1.807) is 0 Å². The minimum absolute atomic E-state index is 0.0348. The number of aromatic nitrogens is 2. The van der Waals surface area contributed by atoms with Gasteiger partial charge in [0.15, 0.2) is 29.0 Å². The SMILES string of the molecule is C[C@H](C(=O)Nc1ccc(F)c(F)c1)n1ccc(C(=O)Nc2ccc(F)c(F)c2)n1. The molecule has 1 heterocycles. The van der Waals surface area contributed by atoms with E-state index in [1.165, 1.54) is 36.0 Å². The summed E-state index contributed by atoms with van der Waals surface area (Å²) in [7, 11) is 0. The molecule has 0 aliphatic rings. The van der Waals surface area contributed by atoms with Gasteiger partial charge in [-0.2, -0.15) is 5.10 Å². The Labute approximate surface area is 162 Å². The monoisotopic (exact) mass is 406 g/mol. The first-order chi connectivity index (χ1) is 13.7. The van der Waals surface area contributed by atoms with Crippen LogP contribution in [0.2, 0.25) is 0 Å². The molecule has 0 radical (unpaired) electrons. The second-order valence-electron chi connectivity index (χ2n) is 6.06. The lowest BCUT2D eigenvalue weighted by molar-refractivity contribution is -0.119. The maximum atomic E-state index is 13.2. The van der Waals surface area contributed by atoms with Crippen LogP contribution >= 0.6 is 0 Å². The van der Waals surface area contributed by atoms with E-state index in [0.717, 1.165) is 24.3 Å². The van der Waals surface area contributed by atoms with Gasteiger partial charge in [0, 0.05) is 29.7 Å². The molecule has 0 aliphatic heterocycles. The van der Waals surface area contributed by atoms with Crippen molar-refractivity contribution in [2.75, 3.05) is 10.6 Å². The average Bonchev–Trinajstić information content (AvgIpc) is 3.17. The number of nitrogens with one attached hydrogen (secondary N) is 2. The lowest BCUT2D eigenvalue weighted by atomic mass is 10.2. The molecule has 0 aliphatic carbocycles. The number of hydrogen-bond acceptors (Lipinski definition) is 3. The Morgan fingerprint density at radius 3 is 1.97 bits per heavy atom. The first-order valence-corrected chi connectivity index (χ1v) is 8.32. The van der Waals surface area contributed by atoms with Gasteiger partial charge in [-0.3, -0.25) is 14.3 Å². The fourth-order valence-electron chi connectivity index (χ4n) is 2.38. The van der Waals surface area contributed by atoms with Crippen LogP contribution in [0, 0.1) is 23.3 Å². The average molecular weight is 406 g/mol. The van der Waals surface area contributed by atoms with E-state index in [9.17, 15) is 27.2 Å². The summed E-state index contributed by atoms with van der Waals surface area (Å²) in [6, 6.07) is 6.24.